The van der Waals surface area contributed by atoms with Gasteiger partial charge in [-0.1, -0.05) is 41.4 Å². The third-order valence-electron chi connectivity index (χ3n) is 5.77. The molecule has 5 nitrogen and oxygen atoms in total. The fourth-order valence-corrected chi connectivity index (χ4v) is 4.47. The number of aryl methyl sites for hydroxylation is 1. The molecular weight excluding hydrogens is 471 g/mol. The molecule has 2 N–H and O–H groups in total. The molecule has 0 spiro atoms. The lowest BCUT2D eigenvalue weighted by Crippen LogP contribution is -2.04. The summed E-state index contributed by atoms with van der Waals surface area (Å²) in [5, 5.41) is 21.2. The van der Waals surface area contributed by atoms with Crippen LogP contribution in [-0.2, 0) is 6.54 Å². The Morgan fingerprint density at radius 2 is 1.74 bits per heavy atom. The van der Waals surface area contributed by atoms with E-state index in [0.717, 1.165) is 65.0 Å². The van der Waals surface area contributed by atoms with E-state index in [2.05, 4.69) is 35.8 Å². The molecular formula is C27H28Cl2N2O3. The summed E-state index contributed by atoms with van der Waals surface area (Å²) in [7, 11) is 0. The lowest BCUT2D eigenvalue weighted by atomic mass is 10.1. The maximum atomic E-state index is 8.89. The summed E-state index contributed by atoms with van der Waals surface area (Å²) in [5.41, 5.74) is 2.70. The Labute approximate surface area is 209 Å². The molecule has 0 aliphatic carbocycles. The van der Waals surface area contributed by atoms with Crippen molar-refractivity contribution in [3.8, 4) is 28.4 Å². The Morgan fingerprint density at radius 1 is 0.941 bits per heavy atom. The molecule has 0 saturated carbocycles. The highest BCUT2D eigenvalue weighted by Crippen LogP contribution is 2.33. The summed E-state index contributed by atoms with van der Waals surface area (Å²) in [6.07, 6.45) is 3.77. The third-order valence-corrected chi connectivity index (χ3v) is 6.32. The van der Waals surface area contributed by atoms with Gasteiger partial charge in [-0.05, 0) is 79.8 Å². The van der Waals surface area contributed by atoms with Gasteiger partial charge < -0.3 is 19.5 Å². The Balaban J connectivity index is 1.50. The van der Waals surface area contributed by atoms with Crippen molar-refractivity contribution in [1.29, 1.82) is 0 Å². The average Bonchev–Trinajstić information content (AvgIpc) is 3.25. The number of aliphatic hydroxyl groups excluding tert-OH is 1. The van der Waals surface area contributed by atoms with Crippen molar-refractivity contribution in [2.75, 3.05) is 6.61 Å². The number of aliphatic hydroxyl groups is 2. The first-order valence-corrected chi connectivity index (χ1v) is 12.3. The highest BCUT2D eigenvalue weighted by Gasteiger charge is 2.14. The molecule has 0 atom stereocenters. The number of ether oxygens (including phenoxy) is 1. The summed E-state index contributed by atoms with van der Waals surface area (Å²) in [6.45, 7) is 3.49. The van der Waals surface area contributed by atoms with Crippen LogP contribution in [0.2, 0.25) is 10.0 Å². The van der Waals surface area contributed by atoms with Crippen LogP contribution < -0.4 is 4.74 Å². The van der Waals surface area contributed by atoms with Gasteiger partial charge in [0.1, 0.15) is 11.6 Å². The van der Waals surface area contributed by atoms with Gasteiger partial charge in [-0.15, -0.1) is 0 Å². The molecule has 0 saturated heterocycles. The van der Waals surface area contributed by atoms with Gasteiger partial charge in [0.25, 0.3) is 0 Å². The molecule has 4 rings (SSSR count). The van der Waals surface area contributed by atoms with E-state index in [9.17, 15) is 0 Å². The van der Waals surface area contributed by atoms with E-state index in [-0.39, 0.29) is 0 Å². The largest absolute Gasteiger partial charge is 0.494 e. The third kappa shape index (κ3) is 5.91. The summed E-state index contributed by atoms with van der Waals surface area (Å²) in [6, 6.07) is 17.8. The molecule has 34 heavy (non-hydrogen) atoms. The number of fused-ring (bicyclic) bond motifs is 1. The Bertz CT molecular complexity index is 1270. The van der Waals surface area contributed by atoms with Crippen molar-refractivity contribution in [3.63, 3.8) is 0 Å². The summed E-state index contributed by atoms with van der Waals surface area (Å²) in [4.78, 5) is 4.89. The Morgan fingerprint density at radius 3 is 2.50 bits per heavy atom. The van der Waals surface area contributed by atoms with Crippen LogP contribution in [0.3, 0.4) is 0 Å². The van der Waals surface area contributed by atoms with Crippen LogP contribution in [0.5, 0.6) is 5.75 Å². The topological polar surface area (TPSA) is 67.5 Å². The first-order valence-electron chi connectivity index (χ1n) is 11.5. The quantitative estimate of drug-likeness (QED) is 0.183. The number of benzene rings is 3. The smallest absolute Gasteiger partial charge is 0.151 e. The van der Waals surface area contributed by atoms with E-state index in [1.807, 2.05) is 30.5 Å². The fraction of sp³-hybridized carbons (Fsp3) is 0.296. The molecule has 178 valence electrons. The summed E-state index contributed by atoms with van der Waals surface area (Å²) >= 11 is 12.5. The predicted molar refractivity (Wildman–Crippen MR) is 138 cm³/mol. The number of imidazole rings is 1. The molecule has 0 fully saturated rings. The number of rotatable bonds is 10. The molecule has 7 heteroatoms. The molecule has 0 bridgehead atoms. The molecule has 3 aromatic carbocycles. The van der Waals surface area contributed by atoms with E-state index in [0.29, 0.717) is 23.1 Å². The second kappa shape index (κ2) is 11.2. The van der Waals surface area contributed by atoms with E-state index in [1.54, 1.807) is 6.07 Å². The second-order valence-electron chi connectivity index (χ2n) is 8.26. The van der Waals surface area contributed by atoms with Gasteiger partial charge in [0.05, 0.1) is 17.3 Å². The van der Waals surface area contributed by atoms with Crippen molar-refractivity contribution in [1.82, 2.24) is 9.55 Å². The number of aromatic nitrogens is 2. The van der Waals surface area contributed by atoms with Crippen LogP contribution in [0.4, 0.5) is 0 Å². The standard InChI is InChI=1S/C27H28Cl2N2O3/c1-2-31-17-25(23-12-10-21(28)16-24(23)29)30-27(31)20-8-7-19-15-22(11-9-18(19)14-20)34-13-5-3-4-6-26(32)33/h7-12,14-17,26,32-33H,2-6,13H2,1H3. The highest BCUT2D eigenvalue weighted by molar-refractivity contribution is 6.36. The van der Waals surface area contributed by atoms with Gasteiger partial charge in [-0.2, -0.15) is 0 Å². The van der Waals surface area contributed by atoms with Crippen molar-refractivity contribution < 1.29 is 14.9 Å². The van der Waals surface area contributed by atoms with Crippen LogP contribution in [0.1, 0.15) is 32.6 Å². The molecule has 4 aromatic rings. The van der Waals surface area contributed by atoms with Gasteiger partial charge >= 0.3 is 0 Å². The highest BCUT2D eigenvalue weighted by atomic mass is 35.5. The molecule has 0 radical (unpaired) electrons. The van der Waals surface area contributed by atoms with Crippen molar-refractivity contribution in [2.45, 2.75) is 45.4 Å². The van der Waals surface area contributed by atoms with Crippen molar-refractivity contribution in [3.05, 3.63) is 70.8 Å². The number of unbranched alkanes of at least 4 members (excludes halogenated alkanes) is 2. The normalized spacial score (nSPS) is 11.5. The number of hydrogen-bond donors (Lipinski definition) is 2. The van der Waals surface area contributed by atoms with Gasteiger partial charge in [0, 0.05) is 28.9 Å². The fourth-order valence-electron chi connectivity index (χ4n) is 3.96. The predicted octanol–water partition coefficient (Wildman–Crippen LogP) is 6.95. The SMILES string of the molecule is CCn1cc(-c2ccc(Cl)cc2Cl)nc1-c1ccc2cc(OCCCCCC(O)O)ccc2c1. The van der Waals surface area contributed by atoms with Gasteiger partial charge in [0.2, 0.25) is 0 Å². The first-order chi connectivity index (χ1) is 16.4. The zero-order valence-corrected chi connectivity index (χ0v) is 20.6. The monoisotopic (exact) mass is 498 g/mol. The van der Waals surface area contributed by atoms with Crippen molar-refractivity contribution >= 4 is 34.0 Å². The zero-order valence-electron chi connectivity index (χ0n) is 19.0. The summed E-state index contributed by atoms with van der Waals surface area (Å²) < 4.78 is 8.00. The second-order valence-corrected chi connectivity index (χ2v) is 9.11. The number of hydrogen-bond acceptors (Lipinski definition) is 4. The molecule has 1 heterocycles. The minimum atomic E-state index is -1.22. The molecule has 0 amide bonds. The average molecular weight is 499 g/mol. The van der Waals surface area contributed by atoms with Crippen LogP contribution in [0, 0.1) is 0 Å². The van der Waals surface area contributed by atoms with Crippen LogP contribution >= 0.6 is 23.2 Å². The Kier molecular flexibility index (Phi) is 8.11. The van der Waals surface area contributed by atoms with Gasteiger partial charge in [-0.25, -0.2) is 4.98 Å². The minimum Gasteiger partial charge on any atom is -0.494 e. The first kappa shape index (κ1) is 24.6. The number of halogens is 2. The van der Waals surface area contributed by atoms with Crippen LogP contribution in [0.25, 0.3) is 33.4 Å². The van der Waals surface area contributed by atoms with E-state index in [1.165, 1.54) is 0 Å². The molecule has 1 aromatic heterocycles. The maximum absolute atomic E-state index is 8.89. The minimum absolute atomic E-state index is 0.406. The molecule has 0 aliphatic heterocycles. The Hall–Kier alpha value is -2.57. The van der Waals surface area contributed by atoms with E-state index >= 15 is 0 Å². The van der Waals surface area contributed by atoms with E-state index < -0.39 is 6.29 Å². The molecule has 0 aliphatic rings. The summed E-state index contributed by atoms with van der Waals surface area (Å²) in [5.74, 6) is 1.72. The van der Waals surface area contributed by atoms with Gasteiger partial charge in [0.15, 0.2) is 6.29 Å². The lowest BCUT2D eigenvalue weighted by molar-refractivity contribution is -0.0466. The lowest BCUT2D eigenvalue weighted by Gasteiger charge is -2.09. The van der Waals surface area contributed by atoms with Crippen LogP contribution in [-0.4, -0.2) is 32.7 Å². The number of nitrogens with zero attached hydrogens (tertiary/aromatic N) is 2. The van der Waals surface area contributed by atoms with Crippen LogP contribution in [0.15, 0.2) is 60.8 Å². The molecule has 0 unspecified atom stereocenters. The zero-order chi connectivity index (χ0) is 24.1. The van der Waals surface area contributed by atoms with Gasteiger partial charge in [-0.3, -0.25) is 0 Å². The maximum Gasteiger partial charge on any atom is 0.151 e. The van der Waals surface area contributed by atoms with Crippen molar-refractivity contribution in [2.24, 2.45) is 0 Å². The van der Waals surface area contributed by atoms with E-state index in [4.69, 9.17) is 43.1 Å².